The third-order valence-corrected chi connectivity index (χ3v) is 5.85. The van der Waals surface area contributed by atoms with Crippen molar-refractivity contribution in [2.45, 2.75) is 31.6 Å². The van der Waals surface area contributed by atoms with Crippen LogP contribution in [0.3, 0.4) is 0 Å². The molecule has 0 bridgehead atoms. The molecule has 0 radical (unpaired) electrons. The Labute approximate surface area is 140 Å². The van der Waals surface area contributed by atoms with Crippen molar-refractivity contribution in [3.8, 4) is 0 Å². The van der Waals surface area contributed by atoms with Crippen LogP contribution in [0.5, 0.6) is 0 Å². The Balaban J connectivity index is 2.50. The van der Waals surface area contributed by atoms with Gasteiger partial charge in [-0.25, -0.2) is 0 Å². The highest BCUT2D eigenvalue weighted by Gasteiger charge is 2.24. The van der Waals surface area contributed by atoms with Crippen LogP contribution in [-0.4, -0.2) is 0 Å². The standard InChI is InChI=1S/C15H15Br2ClS/c1-15(2,3)11-7-5-4-6-9(11)13(18)10-8-12(16)19-14(10)17/h4-8,13H,1-3H3. The third kappa shape index (κ3) is 3.44. The highest BCUT2D eigenvalue weighted by atomic mass is 79.9. The van der Waals surface area contributed by atoms with Gasteiger partial charge in [0.2, 0.25) is 0 Å². The van der Waals surface area contributed by atoms with E-state index in [4.69, 9.17) is 11.6 Å². The summed E-state index contributed by atoms with van der Waals surface area (Å²) in [6, 6.07) is 10.5. The molecule has 1 unspecified atom stereocenters. The summed E-state index contributed by atoms with van der Waals surface area (Å²) >= 11 is 15.5. The first-order valence-electron chi connectivity index (χ1n) is 5.99. The molecule has 2 aromatic rings. The number of hydrogen-bond acceptors (Lipinski definition) is 1. The molecule has 102 valence electrons. The summed E-state index contributed by atoms with van der Waals surface area (Å²) in [7, 11) is 0. The molecule has 0 spiro atoms. The number of thiophene rings is 1. The van der Waals surface area contributed by atoms with Gasteiger partial charge < -0.3 is 0 Å². The van der Waals surface area contributed by atoms with Crippen molar-refractivity contribution in [3.63, 3.8) is 0 Å². The fourth-order valence-electron chi connectivity index (χ4n) is 2.09. The molecule has 0 aliphatic heterocycles. The van der Waals surface area contributed by atoms with E-state index in [1.807, 2.05) is 0 Å². The summed E-state index contributed by atoms with van der Waals surface area (Å²) in [6.45, 7) is 6.65. The van der Waals surface area contributed by atoms with Crippen molar-refractivity contribution < 1.29 is 0 Å². The van der Waals surface area contributed by atoms with Crippen LogP contribution in [0.15, 0.2) is 37.9 Å². The fourth-order valence-corrected chi connectivity index (χ4v) is 5.56. The summed E-state index contributed by atoms with van der Waals surface area (Å²) in [5, 5.41) is -0.132. The van der Waals surface area contributed by atoms with Crippen molar-refractivity contribution in [2.24, 2.45) is 0 Å². The van der Waals surface area contributed by atoms with Crippen LogP contribution in [0.1, 0.15) is 42.8 Å². The smallest absolute Gasteiger partial charge is 0.0857 e. The van der Waals surface area contributed by atoms with Gasteiger partial charge in [-0.3, -0.25) is 0 Å². The van der Waals surface area contributed by atoms with Crippen LogP contribution < -0.4 is 0 Å². The molecule has 1 heterocycles. The largest absolute Gasteiger partial charge is 0.121 e. The van der Waals surface area contributed by atoms with E-state index < -0.39 is 0 Å². The molecule has 0 saturated heterocycles. The number of hydrogen-bond donors (Lipinski definition) is 0. The lowest BCUT2D eigenvalue weighted by Crippen LogP contribution is -2.15. The molecule has 1 aromatic heterocycles. The predicted octanol–water partition coefficient (Wildman–Crippen LogP) is 6.90. The van der Waals surface area contributed by atoms with E-state index in [1.165, 1.54) is 11.1 Å². The molecule has 0 aliphatic carbocycles. The van der Waals surface area contributed by atoms with Gasteiger partial charge in [-0.2, -0.15) is 0 Å². The lowest BCUT2D eigenvalue weighted by Gasteiger charge is -2.25. The molecular weight excluding hydrogens is 407 g/mol. The highest BCUT2D eigenvalue weighted by molar-refractivity contribution is 9.12. The minimum Gasteiger partial charge on any atom is -0.121 e. The van der Waals surface area contributed by atoms with E-state index in [1.54, 1.807) is 11.3 Å². The van der Waals surface area contributed by atoms with E-state index in [9.17, 15) is 0 Å². The topological polar surface area (TPSA) is 0 Å². The molecule has 1 aromatic carbocycles. The summed E-state index contributed by atoms with van der Waals surface area (Å²) in [5.74, 6) is 0. The monoisotopic (exact) mass is 420 g/mol. The summed E-state index contributed by atoms with van der Waals surface area (Å²) < 4.78 is 2.18. The average molecular weight is 423 g/mol. The number of benzene rings is 1. The molecule has 19 heavy (non-hydrogen) atoms. The van der Waals surface area contributed by atoms with E-state index in [0.29, 0.717) is 0 Å². The van der Waals surface area contributed by atoms with Crippen LogP contribution in [0.4, 0.5) is 0 Å². The molecule has 0 fully saturated rings. The predicted molar refractivity (Wildman–Crippen MR) is 92.6 cm³/mol. The SMILES string of the molecule is CC(C)(C)c1ccccc1C(Cl)c1cc(Br)sc1Br. The maximum Gasteiger partial charge on any atom is 0.0857 e. The zero-order valence-electron chi connectivity index (χ0n) is 11.0. The van der Waals surface area contributed by atoms with E-state index in [0.717, 1.165) is 13.1 Å². The van der Waals surface area contributed by atoms with Gasteiger partial charge in [-0.05, 0) is 54.5 Å². The first kappa shape index (κ1) is 15.6. The normalized spacial score (nSPS) is 13.6. The molecule has 0 amide bonds. The zero-order valence-corrected chi connectivity index (χ0v) is 15.8. The maximum absolute atomic E-state index is 6.72. The Hall–Kier alpha value is 0.170. The van der Waals surface area contributed by atoms with Crippen LogP contribution in [0, 0.1) is 0 Å². The second kappa shape index (κ2) is 5.88. The first-order valence-corrected chi connectivity index (χ1v) is 8.83. The van der Waals surface area contributed by atoms with Crippen molar-refractivity contribution in [1.82, 2.24) is 0 Å². The Morgan fingerprint density at radius 1 is 1.11 bits per heavy atom. The van der Waals surface area contributed by atoms with Crippen LogP contribution in [-0.2, 0) is 5.41 Å². The van der Waals surface area contributed by atoms with Crippen LogP contribution in [0.2, 0.25) is 0 Å². The molecule has 0 saturated carbocycles. The Morgan fingerprint density at radius 3 is 2.26 bits per heavy atom. The number of alkyl halides is 1. The lowest BCUT2D eigenvalue weighted by molar-refractivity contribution is 0.583. The lowest BCUT2D eigenvalue weighted by atomic mass is 9.82. The second-order valence-corrected chi connectivity index (χ2v) is 9.67. The van der Waals surface area contributed by atoms with Gasteiger partial charge in [0.15, 0.2) is 0 Å². The Kier molecular flexibility index (Phi) is 4.82. The van der Waals surface area contributed by atoms with Gasteiger partial charge in [-0.1, -0.05) is 45.0 Å². The van der Waals surface area contributed by atoms with E-state index in [-0.39, 0.29) is 10.8 Å². The minimum atomic E-state index is -0.132. The van der Waals surface area contributed by atoms with Gasteiger partial charge in [0.05, 0.1) is 12.9 Å². The summed E-state index contributed by atoms with van der Waals surface area (Å²) in [5.41, 5.74) is 3.69. The van der Waals surface area contributed by atoms with Crippen molar-refractivity contribution in [1.29, 1.82) is 0 Å². The molecule has 2 rings (SSSR count). The molecule has 0 N–H and O–H groups in total. The Morgan fingerprint density at radius 2 is 1.74 bits per heavy atom. The molecule has 4 heteroatoms. The van der Waals surface area contributed by atoms with Gasteiger partial charge in [-0.15, -0.1) is 22.9 Å². The van der Waals surface area contributed by atoms with Gasteiger partial charge in [0.1, 0.15) is 0 Å². The molecule has 0 aliphatic rings. The van der Waals surface area contributed by atoms with Gasteiger partial charge in [0, 0.05) is 5.56 Å². The van der Waals surface area contributed by atoms with Gasteiger partial charge in [0.25, 0.3) is 0 Å². The summed E-state index contributed by atoms with van der Waals surface area (Å²) in [6.07, 6.45) is 0. The van der Waals surface area contributed by atoms with Crippen molar-refractivity contribution in [2.75, 3.05) is 0 Å². The zero-order chi connectivity index (χ0) is 14.2. The number of halogens is 3. The van der Waals surface area contributed by atoms with Crippen LogP contribution in [0.25, 0.3) is 0 Å². The minimum absolute atomic E-state index is 0.0868. The number of rotatable bonds is 2. The average Bonchev–Trinajstić information content (AvgIpc) is 2.66. The third-order valence-electron chi connectivity index (χ3n) is 3.00. The van der Waals surface area contributed by atoms with Gasteiger partial charge >= 0.3 is 0 Å². The fraction of sp³-hybridized carbons (Fsp3) is 0.333. The first-order chi connectivity index (χ1) is 8.80. The molecule has 1 atom stereocenters. The maximum atomic E-state index is 6.72. The molecular formula is C15H15Br2ClS. The quantitative estimate of drug-likeness (QED) is 0.462. The van der Waals surface area contributed by atoms with Crippen LogP contribution >= 0.6 is 54.8 Å². The van der Waals surface area contributed by atoms with E-state index in [2.05, 4.69) is 83.0 Å². The van der Waals surface area contributed by atoms with E-state index >= 15 is 0 Å². The molecule has 0 nitrogen and oxygen atoms in total. The van der Waals surface area contributed by atoms with Crippen molar-refractivity contribution >= 4 is 54.8 Å². The highest BCUT2D eigenvalue weighted by Crippen LogP contribution is 2.43. The second-order valence-electron chi connectivity index (χ2n) is 5.48. The van der Waals surface area contributed by atoms with Crippen molar-refractivity contribution in [3.05, 3.63) is 54.6 Å². The Bertz CT molecular complexity index is 584. The summed E-state index contributed by atoms with van der Waals surface area (Å²) in [4.78, 5) is 0.